The number of imidazole rings is 3. The number of fused-ring (bicyclic) bond motifs is 44. The fourth-order valence-corrected chi connectivity index (χ4v) is 22.9. The predicted molar refractivity (Wildman–Crippen MR) is 401 cm³/mol. The molecule has 0 atom stereocenters. The van der Waals surface area contributed by atoms with Crippen molar-refractivity contribution in [2.24, 2.45) is 0 Å². The summed E-state index contributed by atoms with van der Waals surface area (Å²) in [6.45, 7) is 0. The zero-order valence-corrected chi connectivity index (χ0v) is 53.4. The quantitative estimate of drug-likeness (QED) is 0.141. The Labute approximate surface area is 547 Å². The fraction of sp³-hybridized carbons (Fsp3) is 0. The third kappa shape index (κ3) is 6.86. The first-order valence-corrected chi connectivity index (χ1v) is 35.4. The summed E-state index contributed by atoms with van der Waals surface area (Å²) in [6.07, 6.45) is 17.5. The molecule has 0 saturated carbocycles. The molecule has 0 N–H and O–H groups in total. The molecular formula is C78H39N9S6. The van der Waals surface area contributed by atoms with Crippen molar-refractivity contribution in [2.75, 3.05) is 0 Å². The molecule has 15 heterocycles. The molecule has 0 saturated heterocycles. The van der Waals surface area contributed by atoms with Gasteiger partial charge in [-0.1, -0.05) is 127 Å². The van der Waals surface area contributed by atoms with E-state index in [0.717, 1.165) is 38.9 Å². The van der Waals surface area contributed by atoms with E-state index in [1.807, 2.05) is 123 Å². The SMILES string of the molecule is c1ccc2c(c1)sc1c2c2sc3ccccc3c2c2c1c1cccnc1c1nccn12.c1ccc2c(c1)sc1c2ccc2c1sc1ccc3c4cccnc4c4nccn4c3c12.c1ccc2c(c1)sc1c3sc4ccccc4c3c3c(c4cccnc4c4nccn43)c21. The lowest BCUT2D eigenvalue weighted by Gasteiger charge is -2.11. The Morgan fingerprint density at radius 3 is 1.15 bits per heavy atom. The van der Waals surface area contributed by atoms with Gasteiger partial charge >= 0.3 is 0 Å². The van der Waals surface area contributed by atoms with Crippen molar-refractivity contribution in [1.82, 2.24) is 43.1 Å². The van der Waals surface area contributed by atoms with E-state index in [0.29, 0.717) is 0 Å². The summed E-state index contributed by atoms with van der Waals surface area (Å²) in [4.78, 5) is 28.2. The summed E-state index contributed by atoms with van der Waals surface area (Å²) in [5.74, 6) is 0. The number of benzene rings is 9. The van der Waals surface area contributed by atoms with Crippen molar-refractivity contribution in [3.05, 3.63) is 238 Å². The van der Waals surface area contributed by atoms with Crippen molar-refractivity contribution in [2.45, 2.75) is 0 Å². The molecule has 24 aromatic rings. The highest BCUT2D eigenvalue weighted by molar-refractivity contribution is 7.35. The molecule has 15 heteroatoms. The summed E-state index contributed by atoms with van der Waals surface area (Å²) in [6, 6.07) is 65.6. The molecule has 432 valence electrons. The molecule has 93 heavy (non-hydrogen) atoms. The molecule has 0 amide bonds. The summed E-state index contributed by atoms with van der Waals surface area (Å²) < 4.78 is 22.9. The molecule has 0 unspecified atom stereocenters. The van der Waals surface area contributed by atoms with Crippen molar-refractivity contribution in [1.29, 1.82) is 0 Å². The van der Waals surface area contributed by atoms with E-state index in [9.17, 15) is 0 Å². The van der Waals surface area contributed by atoms with Gasteiger partial charge in [0, 0.05) is 190 Å². The van der Waals surface area contributed by atoms with Gasteiger partial charge in [-0.05, 0) is 54.6 Å². The van der Waals surface area contributed by atoms with Gasteiger partial charge in [-0.3, -0.25) is 28.2 Å². The maximum absolute atomic E-state index is 4.76. The van der Waals surface area contributed by atoms with Crippen molar-refractivity contribution >= 4 is 271 Å². The van der Waals surface area contributed by atoms with Gasteiger partial charge in [0.25, 0.3) is 0 Å². The lowest BCUT2D eigenvalue weighted by molar-refractivity contribution is 1.26. The van der Waals surface area contributed by atoms with Crippen LogP contribution >= 0.6 is 68.0 Å². The van der Waals surface area contributed by atoms with Crippen molar-refractivity contribution in [3.63, 3.8) is 0 Å². The fourth-order valence-electron chi connectivity index (χ4n) is 15.2. The van der Waals surface area contributed by atoms with Crippen LogP contribution in [-0.4, -0.2) is 43.1 Å². The number of hydrogen-bond acceptors (Lipinski definition) is 12. The van der Waals surface area contributed by atoms with E-state index >= 15 is 0 Å². The van der Waals surface area contributed by atoms with Crippen LogP contribution in [0.25, 0.3) is 203 Å². The van der Waals surface area contributed by atoms with Gasteiger partial charge < -0.3 is 0 Å². The Morgan fingerprint density at radius 2 is 0.570 bits per heavy atom. The third-order valence-corrected chi connectivity index (χ3v) is 26.3. The summed E-state index contributed by atoms with van der Waals surface area (Å²) in [5, 5.41) is 23.2. The Balaban J connectivity index is 0.0000000911. The molecule has 0 aliphatic heterocycles. The highest BCUT2D eigenvalue weighted by Crippen LogP contribution is 2.54. The van der Waals surface area contributed by atoms with E-state index in [1.165, 1.54) is 165 Å². The van der Waals surface area contributed by atoms with Gasteiger partial charge in [-0.15, -0.1) is 68.0 Å². The summed E-state index contributed by atoms with van der Waals surface area (Å²) in [5.41, 5.74) is 9.30. The van der Waals surface area contributed by atoms with Gasteiger partial charge in [0.2, 0.25) is 0 Å². The monoisotopic (exact) mass is 1290 g/mol. The average Bonchev–Trinajstić information content (AvgIpc) is 1.63. The molecule has 0 aliphatic rings. The zero-order chi connectivity index (χ0) is 60.3. The molecule has 9 aromatic carbocycles. The van der Waals surface area contributed by atoms with Crippen LogP contribution in [0.15, 0.2) is 238 Å². The number of nitrogens with zero attached hydrogens (tertiary/aromatic N) is 9. The van der Waals surface area contributed by atoms with Crippen LogP contribution in [0.4, 0.5) is 0 Å². The Hall–Kier alpha value is -10.6. The molecule has 0 bridgehead atoms. The molecular weight excluding hydrogens is 1260 g/mol. The Morgan fingerprint density at radius 1 is 0.204 bits per heavy atom. The van der Waals surface area contributed by atoms with Crippen molar-refractivity contribution < 1.29 is 0 Å². The van der Waals surface area contributed by atoms with Crippen LogP contribution in [0.1, 0.15) is 0 Å². The van der Waals surface area contributed by atoms with Gasteiger partial charge in [0.1, 0.15) is 16.6 Å². The molecule has 0 aliphatic carbocycles. The van der Waals surface area contributed by atoms with Crippen LogP contribution in [0.2, 0.25) is 0 Å². The molecule has 24 rings (SSSR count). The highest BCUT2D eigenvalue weighted by Gasteiger charge is 2.26. The standard InChI is InChI=1S/3C26H13N3S2/c1-3-9-17-14(6-1)20-19-16-8-5-11-27-22(16)26-28-12-13-29(26)23(19)21-15-7-2-4-10-18(15)31-25(21)24(20)30-17;1-3-9-17-14(6-1)19-23-20(16-8-5-11-27-22(16)26-28-12-13-29(23)26)25-21(24(19)30-17)15-7-2-4-10-18(15)31-25;1-2-6-19-14(4-1)17-7-8-18-21-20(31-25(18)24(17)30-19)10-9-16-15-5-3-11-27-22(15)26-28-12-13-29(26)23(16)21/h3*1-13H. The summed E-state index contributed by atoms with van der Waals surface area (Å²) in [7, 11) is 0. The smallest absolute Gasteiger partial charge is 0.163 e. The second-order valence-corrected chi connectivity index (χ2v) is 29.9. The first-order valence-electron chi connectivity index (χ1n) is 30.5. The van der Waals surface area contributed by atoms with Gasteiger partial charge in [0.05, 0.1) is 35.3 Å². The minimum atomic E-state index is 0.915. The highest BCUT2D eigenvalue weighted by atomic mass is 32.1. The van der Waals surface area contributed by atoms with Gasteiger partial charge in [-0.25, -0.2) is 15.0 Å². The second kappa shape index (κ2) is 19.0. The number of hydrogen-bond donors (Lipinski definition) is 0. The predicted octanol–water partition coefficient (Wildman–Crippen LogP) is 23.3. The Bertz CT molecular complexity index is 7410. The number of aromatic nitrogens is 9. The number of pyridine rings is 6. The van der Waals surface area contributed by atoms with Gasteiger partial charge in [-0.2, -0.15) is 0 Å². The lowest BCUT2D eigenvalue weighted by atomic mass is 9.99. The number of rotatable bonds is 0. The second-order valence-electron chi connectivity index (χ2n) is 23.6. The number of thiophene rings is 6. The first-order chi connectivity index (χ1) is 46.2. The summed E-state index contributed by atoms with van der Waals surface area (Å²) >= 11 is 11.4. The first kappa shape index (κ1) is 51.0. The minimum Gasteiger partial charge on any atom is -0.297 e. The molecule has 0 radical (unpaired) electrons. The topological polar surface area (TPSA) is 90.6 Å². The van der Waals surface area contributed by atoms with Crippen LogP contribution in [-0.2, 0) is 0 Å². The molecule has 9 nitrogen and oxygen atoms in total. The lowest BCUT2D eigenvalue weighted by Crippen LogP contribution is -1.93. The minimum absolute atomic E-state index is 0.915. The van der Waals surface area contributed by atoms with Crippen LogP contribution in [0.5, 0.6) is 0 Å². The van der Waals surface area contributed by atoms with E-state index in [1.54, 1.807) is 0 Å². The van der Waals surface area contributed by atoms with Crippen LogP contribution in [0, 0.1) is 0 Å². The van der Waals surface area contributed by atoms with Gasteiger partial charge in [0.15, 0.2) is 16.9 Å². The van der Waals surface area contributed by atoms with Crippen LogP contribution in [0.3, 0.4) is 0 Å². The normalized spacial score (nSPS) is 12.5. The molecule has 0 spiro atoms. The van der Waals surface area contributed by atoms with E-state index in [2.05, 4.69) is 206 Å². The Kier molecular flexibility index (Phi) is 10.4. The van der Waals surface area contributed by atoms with Crippen LogP contribution < -0.4 is 0 Å². The molecule has 15 aromatic heterocycles. The van der Waals surface area contributed by atoms with E-state index in [-0.39, 0.29) is 0 Å². The largest absolute Gasteiger partial charge is 0.297 e. The third-order valence-electron chi connectivity index (χ3n) is 18.9. The maximum atomic E-state index is 4.76. The van der Waals surface area contributed by atoms with E-state index < -0.39 is 0 Å². The zero-order valence-electron chi connectivity index (χ0n) is 48.5. The van der Waals surface area contributed by atoms with E-state index in [4.69, 9.17) is 19.9 Å². The molecule has 0 fully saturated rings. The van der Waals surface area contributed by atoms with Crippen molar-refractivity contribution in [3.8, 4) is 0 Å². The maximum Gasteiger partial charge on any atom is 0.163 e. The average molecular weight is 1290 g/mol.